The molecule has 2 aliphatic rings. The number of benzene rings is 2. The average molecular weight is 447 g/mol. The van der Waals surface area contributed by atoms with Crippen molar-refractivity contribution in [1.82, 2.24) is 5.32 Å². The van der Waals surface area contributed by atoms with Crippen LogP contribution in [0, 0.1) is 0 Å². The first kappa shape index (κ1) is 20.9. The highest BCUT2D eigenvalue weighted by Crippen LogP contribution is 2.59. The van der Waals surface area contributed by atoms with Crippen molar-refractivity contribution in [3.05, 3.63) is 88.1 Å². The van der Waals surface area contributed by atoms with E-state index < -0.39 is 23.0 Å². The van der Waals surface area contributed by atoms with Crippen molar-refractivity contribution < 1.29 is 14.3 Å². The van der Waals surface area contributed by atoms with E-state index in [2.05, 4.69) is 10.6 Å². The van der Waals surface area contributed by atoms with Gasteiger partial charge in [-0.25, -0.2) is 0 Å². The lowest BCUT2D eigenvalue weighted by Crippen LogP contribution is -2.44. The number of hydrogen-bond acceptors (Lipinski definition) is 5. The van der Waals surface area contributed by atoms with Crippen molar-refractivity contribution in [1.29, 1.82) is 0 Å². The molecule has 1 spiro atoms. The summed E-state index contributed by atoms with van der Waals surface area (Å²) in [6, 6.07) is 20.6. The lowest BCUT2D eigenvalue weighted by molar-refractivity contribution is -0.157. The van der Waals surface area contributed by atoms with Gasteiger partial charge in [0.15, 0.2) is 0 Å². The first-order valence-corrected chi connectivity index (χ1v) is 11.7. The molecule has 1 amide bonds. The number of thiophene rings is 1. The molecule has 3 heterocycles. The molecule has 0 bridgehead atoms. The Bertz CT molecular complexity index is 1150. The fourth-order valence-corrected chi connectivity index (χ4v) is 6.05. The van der Waals surface area contributed by atoms with Gasteiger partial charge in [0.25, 0.3) is 0 Å². The molecule has 2 aliphatic heterocycles. The molecule has 5 nitrogen and oxygen atoms in total. The molecule has 0 aliphatic carbocycles. The van der Waals surface area contributed by atoms with E-state index in [0.717, 1.165) is 21.7 Å². The Morgan fingerprint density at radius 3 is 2.41 bits per heavy atom. The largest absolute Gasteiger partial charge is 0.459 e. The fourth-order valence-electron chi connectivity index (χ4n) is 5.19. The predicted molar refractivity (Wildman–Crippen MR) is 126 cm³/mol. The van der Waals surface area contributed by atoms with Gasteiger partial charge in [0.1, 0.15) is 17.1 Å². The number of hydrogen-bond donors (Lipinski definition) is 2. The number of ether oxygens (including phenoxy) is 1. The zero-order chi connectivity index (χ0) is 22.5. The Kier molecular flexibility index (Phi) is 4.95. The van der Waals surface area contributed by atoms with Gasteiger partial charge in [0.05, 0.1) is 6.04 Å². The molecule has 164 valence electrons. The number of esters is 1. The van der Waals surface area contributed by atoms with Gasteiger partial charge >= 0.3 is 5.97 Å². The van der Waals surface area contributed by atoms with Crippen LogP contribution in [0.2, 0.25) is 0 Å². The van der Waals surface area contributed by atoms with Gasteiger partial charge in [-0.05, 0) is 49.4 Å². The summed E-state index contributed by atoms with van der Waals surface area (Å²) in [5.41, 5.74) is 1.03. The van der Waals surface area contributed by atoms with E-state index in [0.29, 0.717) is 0 Å². The molecule has 6 heteroatoms. The highest BCUT2D eigenvalue weighted by Gasteiger charge is 2.66. The molecule has 2 N–H and O–H groups in total. The summed E-state index contributed by atoms with van der Waals surface area (Å²) in [5.74, 6) is -0.874. The second-order valence-electron chi connectivity index (χ2n) is 9.38. The average Bonchev–Trinajstić information content (AvgIpc) is 3.46. The van der Waals surface area contributed by atoms with Crippen molar-refractivity contribution in [3.8, 4) is 0 Å². The van der Waals surface area contributed by atoms with Crippen molar-refractivity contribution in [2.45, 2.75) is 49.8 Å². The quantitative estimate of drug-likeness (QED) is 0.569. The minimum Gasteiger partial charge on any atom is -0.459 e. The maximum atomic E-state index is 13.9. The van der Waals surface area contributed by atoms with E-state index in [1.807, 2.05) is 92.9 Å². The van der Waals surface area contributed by atoms with Crippen LogP contribution in [0.1, 0.15) is 48.7 Å². The van der Waals surface area contributed by atoms with Crippen molar-refractivity contribution in [2.24, 2.45) is 0 Å². The van der Waals surface area contributed by atoms with Gasteiger partial charge in [0, 0.05) is 16.5 Å². The lowest BCUT2D eigenvalue weighted by atomic mass is 9.64. The summed E-state index contributed by atoms with van der Waals surface area (Å²) >= 11 is 1.59. The van der Waals surface area contributed by atoms with Gasteiger partial charge in [-0.15, -0.1) is 11.3 Å². The Balaban J connectivity index is 1.76. The van der Waals surface area contributed by atoms with E-state index in [1.165, 1.54) is 0 Å². The Labute approximate surface area is 191 Å². The molecule has 1 fully saturated rings. The fraction of sp³-hybridized carbons (Fsp3) is 0.308. The van der Waals surface area contributed by atoms with E-state index in [1.54, 1.807) is 11.3 Å². The van der Waals surface area contributed by atoms with Gasteiger partial charge < -0.3 is 10.1 Å². The predicted octanol–water partition coefficient (Wildman–Crippen LogP) is 4.78. The SMILES string of the molecule is CC(C)(C)OC(=O)[C@H]1N[C@H](c2cccs2)[C@@]2(C(=O)Nc3ccccc32)[C@@H]1c1ccccc1. The third-order valence-corrected chi connectivity index (χ3v) is 7.21. The van der Waals surface area contributed by atoms with Gasteiger partial charge in [-0.1, -0.05) is 54.6 Å². The molecule has 5 rings (SSSR count). The van der Waals surface area contributed by atoms with E-state index in [9.17, 15) is 9.59 Å². The normalized spacial score (nSPS) is 26.7. The van der Waals surface area contributed by atoms with E-state index in [-0.39, 0.29) is 17.9 Å². The number of fused-ring (bicyclic) bond motifs is 2. The zero-order valence-corrected chi connectivity index (χ0v) is 19.1. The molecule has 0 unspecified atom stereocenters. The molecular formula is C26H26N2O3S. The molecule has 3 aromatic rings. The van der Waals surface area contributed by atoms with Crippen LogP contribution in [0.15, 0.2) is 72.1 Å². The number of para-hydroxylation sites is 1. The second kappa shape index (κ2) is 7.57. The maximum absolute atomic E-state index is 13.9. The lowest BCUT2D eigenvalue weighted by Gasteiger charge is -2.35. The Hall–Kier alpha value is -2.96. The number of anilines is 1. The molecular weight excluding hydrogens is 420 g/mol. The summed E-state index contributed by atoms with van der Waals surface area (Å²) in [6.45, 7) is 5.59. The molecule has 0 saturated carbocycles. The zero-order valence-electron chi connectivity index (χ0n) is 18.3. The molecule has 1 saturated heterocycles. The third kappa shape index (κ3) is 3.17. The number of rotatable bonds is 3. The number of carbonyl (C=O) groups excluding carboxylic acids is 2. The summed E-state index contributed by atoms with van der Waals surface area (Å²) in [4.78, 5) is 28.4. The topological polar surface area (TPSA) is 67.4 Å². The first-order valence-electron chi connectivity index (χ1n) is 10.8. The van der Waals surface area contributed by atoms with Crippen LogP contribution < -0.4 is 10.6 Å². The van der Waals surface area contributed by atoms with Crippen LogP contribution >= 0.6 is 11.3 Å². The van der Waals surface area contributed by atoms with Crippen LogP contribution in [-0.4, -0.2) is 23.5 Å². The van der Waals surface area contributed by atoms with Gasteiger partial charge in [-0.2, -0.15) is 0 Å². The smallest absolute Gasteiger partial charge is 0.324 e. The van der Waals surface area contributed by atoms with Crippen LogP contribution in [-0.2, 0) is 19.7 Å². The Morgan fingerprint density at radius 2 is 1.72 bits per heavy atom. The van der Waals surface area contributed by atoms with Gasteiger partial charge in [0.2, 0.25) is 5.91 Å². The monoisotopic (exact) mass is 446 g/mol. The highest BCUT2D eigenvalue weighted by atomic mass is 32.1. The van der Waals surface area contributed by atoms with Crippen LogP contribution in [0.25, 0.3) is 0 Å². The van der Waals surface area contributed by atoms with E-state index >= 15 is 0 Å². The van der Waals surface area contributed by atoms with Gasteiger partial charge in [-0.3, -0.25) is 14.9 Å². The van der Waals surface area contributed by atoms with Crippen LogP contribution in [0.5, 0.6) is 0 Å². The minimum absolute atomic E-state index is 0.0930. The summed E-state index contributed by atoms with van der Waals surface area (Å²) in [5, 5.41) is 8.65. The summed E-state index contributed by atoms with van der Waals surface area (Å²) < 4.78 is 5.84. The van der Waals surface area contributed by atoms with Crippen LogP contribution in [0.4, 0.5) is 5.69 Å². The summed E-state index contributed by atoms with van der Waals surface area (Å²) in [7, 11) is 0. The first-order chi connectivity index (χ1) is 15.3. The second-order valence-corrected chi connectivity index (χ2v) is 10.4. The Morgan fingerprint density at radius 1 is 1.00 bits per heavy atom. The number of nitrogens with one attached hydrogen (secondary N) is 2. The van der Waals surface area contributed by atoms with Crippen LogP contribution in [0.3, 0.4) is 0 Å². The highest BCUT2D eigenvalue weighted by molar-refractivity contribution is 7.10. The van der Waals surface area contributed by atoms with Crippen molar-refractivity contribution in [3.63, 3.8) is 0 Å². The number of amides is 1. The molecule has 32 heavy (non-hydrogen) atoms. The van der Waals surface area contributed by atoms with Crippen molar-refractivity contribution >= 4 is 28.9 Å². The third-order valence-electron chi connectivity index (χ3n) is 6.27. The number of carbonyl (C=O) groups is 2. The summed E-state index contributed by atoms with van der Waals surface area (Å²) in [6.07, 6.45) is 0. The van der Waals surface area contributed by atoms with Crippen molar-refractivity contribution in [2.75, 3.05) is 5.32 Å². The standard InChI is InChI=1S/C26H26N2O3S/c1-25(2,3)31-23(29)21-20(16-10-5-4-6-11-16)26(22(28-21)19-14-9-15-32-19)17-12-7-8-13-18(17)27-24(26)30/h4-15,20-22,28H,1-3H3,(H,27,30)/t20-,21+,22-,26+/m1/s1. The molecule has 0 radical (unpaired) electrons. The molecule has 4 atom stereocenters. The maximum Gasteiger partial charge on any atom is 0.324 e. The van der Waals surface area contributed by atoms with E-state index in [4.69, 9.17) is 4.74 Å². The minimum atomic E-state index is -0.982. The molecule has 1 aromatic heterocycles. The molecule has 2 aromatic carbocycles.